The maximum absolute atomic E-state index is 12.5. The Morgan fingerprint density at radius 3 is 2.25 bits per heavy atom. The molecule has 2 amide bonds. The molecule has 0 spiro atoms. The number of carboxylic acid groups (broad SMARTS) is 1. The SMILES string of the molecule is CC(=O)O.COc1ccc(NC(=O)CC2SC(=NC(c3ccc(O)cc3)c3c(O)[nH]c(=O)[nH]c3=O)NC2=O)cc1. The van der Waals surface area contributed by atoms with Crippen molar-refractivity contribution in [2.24, 2.45) is 4.99 Å². The minimum absolute atomic E-state index is 0.0313. The largest absolute Gasteiger partial charge is 0.508 e. The van der Waals surface area contributed by atoms with Gasteiger partial charge in [-0.05, 0) is 42.0 Å². The number of hydrogen-bond donors (Lipinski definition) is 7. The van der Waals surface area contributed by atoms with Crippen LogP contribution in [0, 0.1) is 0 Å². The molecule has 1 aliphatic heterocycles. The summed E-state index contributed by atoms with van der Waals surface area (Å²) >= 11 is 0.993. The summed E-state index contributed by atoms with van der Waals surface area (Å²) in [7, 11) is 1.53. The number of aromatic nitrogens is 2. The van der Waals surface area contributed by atoms with Crippen LogP contribution < -0.4 is 26.6 Å². The van der Waals surface area contributed by atoms with E-state index < -0.39 is 40.3 Å². The van der Waals surface area contributed by atoms with E-state index in [1.807, 2.05) is 4.98 Å². The lowest BCUT2D eigenvalue weighted by Crippen LogP contribution is -2.29. The molecule has 1 fully saturated rings. The van der Waals surface area contributed by atoms with Crippen LogP contribution in [-0.4, -0.2) is 60.6 Å². The first-order valence-corrected chi connectivity index (χ1v) is 12.4. The Bertz CT molecular complexity index is 1530. The van der Waals surface area contributed by atoms with Crippen LogP contribution in [0.4, 0.5) is 5.69 Å². The highest BCUT2D eigenvalue weighted by Gasteiger charge is 2.33. The molecule has 2 aromatic carbocycles. The summed E-state index contributed by atoms with van der Waals surface area (Å²) < 4.78 is 5.08. The van der Waals surface area contributed by atoms with Gasteiger partial charge in [-0.2, -0.15) is 0 Å². The van der Waals surface area contributed by atoms with Gasteiger partial charge >= 0.3 is 5.69 Å². The number of H-pyrrole nitrogens is 2. The van der Waals surface area contributed by atoms with E-state index in [4.69, 9.17) is 14.6 Å². The van der Waals surface area contributed by atoms with E-state index in [0.717, 1.165) is 18.7 Å². The highest BCUT2D eigenvalue weighted by Crippen LogP contribution is 2.32. The Morgan fingerprint density at radius 1 is 1.05 bits per heavy atom. The van der Waals surface area contributed by atoms with Gasteiger partial charge in [-0.25, -0.2) is 9.79 Å². The van der Waals surface area contributed by atoms with Crippen LogP contribution >= 0.6 is 11.8 Å². The molecule has 3 aromatic rings. The van der Waals surface area contributed by atoms with Crippen LogP contribution in [0.5, 0.6) is 17.4 Å². The number of nitrogens with zero attached hydrogens (tertiary/aromatic N) is 1. The van der Waals surface area contributed by atoms with E-state index >= 15 is 0 Å². The van der Waals surface area contributed by atoms with E-state index in [-0.39, 0.29) is 28.8 Å². The number of nitrogens with one attached hydrogen (secondary N) is 4. The molecule has 15 heteroatoms. The third-order valence-corrected chi connectivity index (χ3v) is 6.30. The first-order chi connectivity index (χ1) is 19.0. The zero-order valence-corrected chi connectivity index (χ0v) is 21.9. The van der Waals surface area contributed by atoms with E-state index in [1.54, 1.807) is 24.3 Å². The quantitative estimate of drug-likeness (QED) is 0.215. The van der Waals surface area contributed by atoms with Crippen molar-refractivity contribution >= 4 is 40.4 Å². The Hall–Kier alpha value is -5.05. The lowest BCUT2D eigenvalue weighted by atomic mass is 10.0. The molecule has 0 bridgehead atoms. The molecule has 40 heavy (non-hydrogen) atoms. The van der Waals surface area contributed by atoms with Crippen LogP contribution in [0.25, 0.3) is 0 Å². The van der Waals surface area contributed by atoms with Gasteiger partial charge in [0.15, 0.2) is 5.17 Å². The van der Waals surface area contributed by atoms with Gasteiger partial charge in [0.05, 0.1) is 7.11 Å². The second kappa shape index (κ2) is 13.1. The monoisotopic (exact) mass is 571 g/mol. The van der Waals surface area contributed by atoms with Crippen molar-refractivity contribution in [1.29, 1.82) is 0 Å². The number of phenolic OH excluding ortho intramolecular Hbond substituents is 1. The molecule has 2 unspecified atom stereocenters. The van der Waals surface area contributed by atoms with Crippen molar-refractivity contribution in [3.63, 3.8) is 0 Å². The molecule has 14 nitrogen and oxygen atoms in total. The zero-order chi connectivity index (χ0) is 29.4. The highest BCUT2D eigenvalue weighted by molar-refractivity contribution is 8.15. The molecule has 0 radical (unpaired) electrons. The van der Waals surface area contributed by atoms with Crippen LogP contribution in [0.15, 0.2) is 63.1 Å². The molecule has 4 rings (SSSR count). The highest BCUT2D eigenvalue weighted by atomic mass is 32.2. The normalized spacial score (nSPS) is 15.9. The van der Waals surface area contributed by atoms with Gasteiger partial charge in [0.25, 0.3) is 11.5 Å². The molecule has 7 N–H and O–H groups in total. The Kier molecular flexibility index (Phi) is 9.70. The van der Waals surface area contributed by atoms with E-state index in [9.17, 15) is 29.4 Å². The van der Waals surface area contributed by atoms with Gasteiger partial charge in [-0.3, -0.25) is 29.1 Å². The maximum Gasteiger partial charge on any atom is 0.328 e. The van der Waals surface area contributed by atoms with E-state index in [1.165, 1.54) is 31.4 Å². The lowest BCUT2D eigenvalue weighted by molar-refractivity contribution is -0.134. The zero-order valence-electron chi connectivity index (χ0n) is 21.1. The van der Waals surface area contributed by atoms with Gasteiger partial charge in [0, 0.05) is 19.0 Å². The number of ether oxygens (including phenoxy) is 1. The molecule has 2 atom stereocenters. The summed E-state index contributed by atoms with van der Waals surface area (Å²) in [4.78, 5) is 66.6. The molecule has 1 saturated heterocycles. The summed E-state index contributed by atoms with van der Waals surface area (Å²) in [6, 6.07) is 11.3. The van der Waals surface area contributed by atoms with Gasteiger partial charge in [-0.1, -0.05) is 23.9 Å². The number of hydrogen-bond acceptors (Lipinski definition) is 10. The van der Waals surface area contributed by atoms with Crippen LogP contribution in [0.3, 0.4) is 0 Å². The Morgan fingerprint density at radius 2 is 1.68 bits per heavy atom. The lowest BCUT2D eigenvalue weighted by Gasteiger charge is -2.14. The number of aromatic hydroxyl groups is 2. The third-order valence-electron chi connectivity index (χ3n) is 5.21. The van der Waals surface area contributed by atoms with Crippen LogP contribution in [0.1, 0.15) is 30.5 Å². The number of carboxylic acids is 1. The summed E-state index contributed by atoms with van der Waals surface area (Å²) in [5.74, 6) is -1.76. The number of benzene rings is 2. The number of carbonyl (C=O) groups excluding carboxylic acids is 2. The number of methoxy groups -OCH3 is 1. The van der Waals surface area contributed by atoms with Crippen molar-refractivity contribution in [3.05, 3.63) is 80.5 Å². The molecule has 1 aliphatic rings. The summed E-state index contributed by atoms with van der Waals surface area (Å²) in [6.45, 7) is 1.08. The second-order valence-corrected chi connectivity index (χ2v) is 9.39. The number of anilines is 1. The molecule has 0 saturated carbocycles. The number of phenols is 1. The smallest absolute Gasteiger partial charge is 0.328 e. The number of thioether (sulfide) groups is 1. The Labute approximate surface area is 230 Å². The van der Waals surface area contributed by atoms with Gasteiger partial charge in [0.2, 0.25) is 17.7 Å². The van der Waals surface area contributed by atoms with Crippen molar-refractivity contribution in [1.82, 2.24) is 15.3 Å². The van der Waals surface area contributed by atoms with Crippen LogP contribution in [0.2, 0.25) is 0 Å². The molecule has 210 valence electrons. The predicted molar refractivity (Wildman–Crippen MR) is 146 cm³/mol. The minimum atomic E-state index is -1.14. The fourth-order valence-electron chi connectivity index (χ4n) is 3.47. The number of amidine groups is 1. The number of aliphatic carboxylic acids is 1. The molecule has 1 aromatic heterocycles. The third kappa shape index (κ3) is 7.97. The summed E-state index contributed by atoms with van der Waals surface area (Å²) in [5, 5.41) is 31.9. The topological polar surface area (TPSA) is 223 Å². The summed E-state index contributed by atoms with van der Waals surface area (Å²) in [6.07, 6.45) is -0.143. The number of carbonyl (C=O) groups is 3. The van der Waals surface area contributed by atoms with Gasteiger partial charge in [0.1, 0.15) is 28.4 Å². The molecular formula is C25H25N5O9S. The second-order valence-electron chi connectivity index (χ2n) is 8.19. The number of amides is 2. The van der Waals surface area contributed by atoms with E-state index in [2.05, 4.69) is 20.6 Å². The van der Waals surface area contributed by atoms with Crippen molar-refractivity contribution in [3.8, 4) is 17.4 Å². The van der Waals surface area contributed by atoms with Crippen molar-refractivity contribution < 1.29 is 34.4 Å². The van der Waals surface area contributed by atoms with Crippen molar-refractivity contribution in [2.75, 3.05) is 12.4 Å². The first-order valence-electron chi connectivity index (χ1n) is 11.5. The summed E-state index contributed by atoms with van der Waals surface area (Å²) in [5.41, 5.74) is -1.10. The minimum Gasteiger partial charge on any atom is -0.508 e. The first kappa shape index (κ1) is 29.5. The number of aromatic amines is 2. The molecule has 2 heterocycles. The average Bonchev–Trinajstić information content (AvgIpc) is 3.21. The predicted octanol–water partition coefficient (Wildman–Crippen LogP) is 1.28. The van der Waals surface area contributed by atoms with Crippen molar-refractivity contribution in [2.45, 2.75) is 24.6 Å². The fraction of sp³-hybridized carbons (Fsp3) is 0.200. The standard InChI is InChI=1S/C23H21N5O7S.C2H4O2/c1-35-14-8-4-12(5-9-14)24-16(30)10-15-19(31)28-23(36-15)25-18(11-2-6-13(29)7-3-11)17-20(32)26-22(34)27-21(17)33;1-2(3)4/h2-9,15,18,29H,10H2,1H3,(H,24,30)(H,25,28,31)(H3,26,27,32,33,34);1H3,(H,3,4). The van der Waals surface area contributed by atoms with Gasteiger partial charge in [-0.15, -0.1) is 0 Å². The number of rotatable bonds is 7. The number of aliphatic imine (C=N–C) groups is 1. The molecular weight excluding hydrogens is 546 g/mol. The maximum atomic E-state index is 12.5. The average molecular weight is 572 g/mol. The fourth-order valence-corrected chi connectivity index (χ4v) is 4.47. The Balaban J connectivity index is 0.00000103. The molecule has 0 aliphatic carbocycles. The van der Waals surface area contributed by atoms with Crippen LogP contribution in [-0.2, 0) is 14.4 Å². The van der Waals surface area contributed by atoms with E-state index in [0.29, 0.717) is 17.0 Å². The van der Waals surface area contributed by atoms with Gasteiger partial charge < -0.3 is 30.7 Å².